The van der Waals surface area contributed by atoms with Gasteiger partial charge in [-0.15, -0.1) is 0 Å². The van der Waals surface area contributed by atoms with Crippen LogP contribution in [0.1, 0.15) is 135 Å². The van der Waals surface area contributed by atoms with E-state index in [1.807, 2.05) is 0 Å². The molecule has 38 heavy (non-hydrogen) atoms. The predicted octanol–water partition coefficient (Wildman–Crippen LogP) is 9.58. The number of unbranched alkanes of at least 4 members (excludes halogenated alkanes) is 15. The minimum absolute atomic E-state index is 0.190. The molecule has 1 heterocycles. The summed E-state index contributed by atoms with van der Waals surface area (Å²) in [7, 11) is -3.97. The summed E-state index contributed by atoms with van der Waals surface area (Å²) in [6, 6.07) is 10.6. The molecule has 220 valence electrons. The van der Waals surface area contributed by atoms with Crippen molar-refractivity contribution in [1.82, 2.24) is 0 Å². The van der Waals surface area contributed by atoms with Crippen LogP contribution in [0.15, 0.2) is 30.3 Å². The Morgan fingerprint density at radius 1 is 0.763 bits per heavy atom. The molecule has 2 rings (SSSR count). The Morgan fingerprint density at radius 2 is 1.24 bits per heavy atom. The summed E-state index contributed by atoms with van der Waals surface area (Å²) in [5, 5.41) is 0. The fourth-order valence-electron chi connectivity index (χ4n) is 5.80. The van der Waals surface area contributed by atoms with Crippen LogP contribution < -0.4 is 0 Å². The van der Waals surface area contributed by atoms with Crippen LogP contribution in [-0.4, -0.2) is 41.7 Å². The molecule has 0 saturated carbocycles. The average Bonchev–Trinajstić information content (AvgIpc) is 2.92. The van der Waals surface area contributed by atoms with Gasteiger partial charge in [0, 0.05) is 18.4 Å². The molecule has 6 heteroatoms. The molecule has 1 unspecified atom stereocenters. The van der Waals surface area contributed by atoms with E-state index >= 15 is 0 Å². The maximum atomic E-state index is 12.5. The molecule has 0 radical (unpaired) electrons. The molecule has 1 N–H and O–H groups in total. The number of quaternary nitrogens is 1. The zero-order chi connectivity index (χ0) is 27.4. The fourth-order valence-corrected chi connectivity index (χ4v) is 6.81. The van der Waals surface area contributed by atoms with Gasteiger partial charge in [-0.25, -0.2) is 4.57 Å². The van der Waals surface area contributed by atoms with E-state index in [2.05, 4.69) is 44.2 Å². The van der Waals surface area contributed by atoms with Crippen LogP contribution in [0, 0.1) is 0 Å². The molecule has 1 atom stereocenters. The van der Waals surface area contributed by atoms with Crippen LogP contribution in [0.3, 0.4) is 0 Å². The molecule has 0 aromatic heterocycles. The van der Waals surface area contributed by atoms with E-state index in [-0.39, 0.29) is 6.10 Å². The van der Waals surface area contributed by atoms with E-state index in [0.717, 1.165) is 56.3 Å². The highest BCUT2D eigenvalue weighted by Gasteiger charge is 2.36. The number of phosphoric acid groups is 1. The summed E-state index contributed by atoms with van der Waals surface area (Å²) >= 11 is 0. The van der Waals surface area contributed by atoms with Gasteiger partial charge < -0.3 is 9.38 Å². The number of piperidine rings is 1. The Balaban J connectivity index is 1.43. The minimum Gasteiger partial charge on any atom is -0.320 e. The summed E-state index contributed by atoms with van der Waals surface area (Å²) < 4.78 is 24.4. The van der Waals surface area contributed by atoms with E-state index in [1.54, 1.807) is 0 Å². The lowest BCUT2D eigenvalue weighted by Gasteiger charge is -2.43. The molecule has 1 aliphatic rings. The van der Waals surface area contributed by atoms with Crippen molar-refractivity contribution in [2.45, 2.75) is 142 Å². The van der Waals surface area contributed by atoms with Crippen molar-refractivity contribution in [3.05, 3.63) is 35.9 Å². The van der Waals surface area contributed by atoms with Gasteiger partial charge in [0.15, 0.2) is 0 Å². The number of nitrogens with zero attached hydrogens (tertiary/aromatic N) is 1. The third kappa shape index (κ3) is 15.2. The largest absolute Gasteiger partial charge is 0.472 e. The molecule has 0 amide bonds. The summed E-state index contributed by atoms with van der Waals surface area (Å²) in [6.45, 7) is 8.83. The number of rotatable bonds is 23. The predicted molar refractivity (Wildman–Crippen MR) is 160 cm³/mol. The quantitative estimate of drug-likeness (QED) is 0.0834. The Kier molecular flexibility index (Phi) is 17.8. The van der Waals surface area contributed by atoms with Gasteiger partial charge in [-0.2, -0.15) is 0 Å². The zero-order valence-corrected chi connectivity index (χ0v) is 25.7. The highest BCUT2D eigenvalue weighted by atomic mass is 31.2. The van der Waals surface area contributed by atoms with Gasteiger partial charge in [0.2, 0.25) is 0 Å². The molecule has 1 aliphatic heterocycles. The Labute approximate surface area is 234 Å². The molecule has 1 aromatic rings. The zero-order valence-electron chi connectivity index (χ0n) is 24.8. The van der Waals surface area contributed by atoms with Gasteiger partial charge in [0.25, 0.3) is 0 Å². The monoisotopic (exact) mass is 552 g/mol. The van der Waals surface area contributed by atoms with Crippen molar-refractivity contribution < 1.29 is 23.0 Å². The highest BCUT2D eigenvalue weighted by Crippen LogP contribution is 2.46. The first-order valence-corrected chi connectivity index (χ1v) is 17.5. The number of phosphoric ester groups is 1. The average molecular weight is 553 g/mol. The Hall–Kier alpha value is -0.710. The van der Waals surface area contributed by atoms with E-state index < -0.39 is 7.82 Å². The van der Waals surface area contributed by atoms with Gasteiger partial charge in [-0.05, 0) is 13.3 Å². The van der Waals surface area contributed by atoms with Gasteiger partial charge >= 0.3 is 7.82 Å². The molecule has 0 bridgehead atoms. The normalized spacial score (nSPS) is 21.4. The van der Waals surface area contributed by atoms with Gasteiger partial charge in [-0.3, -0.25) is 9.05 Å². The summed E-state index contributed by atoms with van der Waals surface area (Å²) in [6.07, 6.45) is 22.4. The smallest absolute Gasteiger partial charge is 0.320 e. The van der Waals surface area contributed by atoms with Crippen molar-refractivity contribution in [2.24, 2.45) is 0 Å². The lowest BCUT2D eigenvalue weighted by atomic mass is 10.0. The second kappa shape index (κ2) is 20.2. The molecule has 5 nitrogen and oxygen atoms in total. The van der Waals surface area contributed by atoms with Gasteiger partial charge in [0.1, 0.15) is 6.54 Å². The summed E-state index contributed by atoms with van der Waals surface area (Å²) in [5.74, 6) is 0. The van der Waals surface area contributed by atoms with Crippen molar-refractivity contribution >= 4 is 7.82 Å². The van der Waals surface area contributed by atoms with Crippen LogP contribution in [-0.2, 0) is 20.2 Å². The SMILES string of the molecule is CCCCCCCCCCCCCCCCCCOP(=O)(O)OC1CC[N+](CC)(Cc2ccccc2)CC1. The number of hydrogen-bond acceptors (Lipinski definition) is 3. The molecule has 1 fully saturated rings. The Bertz CT molecular complexity index is 736. The Morgan fingerprint density at radius 3 is 1.71 bits per heavy atom. The first-order chi connectivity index (χ1) is 18.5. The summed E-state index contributed by atoms with van der Waals surface area (Å²) in [4.78, 5) is 10.2. The molecular formula is C32H59NO4P+. The van der Waals surface area contributed by atoms with Crippen molar-refractivity contribution in [1.29, 1.82) is 0 Å². The van der Waals surface area contributed by atoms with Crippen LogP contribution in [0.25, 0.3) is 0 Å². The van der Waals surface area contributed by atoms with Gasteiger partial charge in [-0.1, -0.05) is 134 Å². The number of hydrogen-bond donors (Lipinski definition) is 1. The van der Waals surface area contributed by atoms with Crippen molar-refractivity contribution in [3.63, 3.8) is 0 Å². The topological polar surface area (TPSA) is 55.8 Å². The molecule has 1 aromatic carbocycles. The third-order valence-electron chi connectivity index (χ3n) is 8.42. The van der Waals surface area contributed by atoms with E-state index in [9.17, 15) is 9.46 Å². The molecule has 0 spiro atoms. The van der Waals surface area contributed by atoms with Crippen LogP contribution in [0.2, 0.25) is 0 Å². The van der Waals surface area contributed by atoms with Crippen LogP contribution in [0.5, 0.6) is 0 Å². The lowest BCUT2D eigenvalue weighted by molar-refractivity contribution is -0.944. The fraction of sp³-hybridized carbons (Fsp3) is 0.812. The van der Waals surface area contributed by atoms with E-state index in [0.29, 0.717) is 6.61 Å². The second-order valence-electron chi connectivity index (χ2n) is 11.7. The number of likely N-dealkylation sites (tertiary alicyclic amines) is 1. The molecule has 1 saturated heterocycles. The first kappa shape index (κ1) is 33.5. The summed E-state index contributed by atoms with van der Waals surface area (Å²) in [5.41, 5.74) is 1.35. The van der Waals surface area contributed by atoms with Crippen molar-refractivity contribution in [2.75, 3.05) is 26.2 Å². The van der Waals surface area contributed by atoms with E-state index in [1.165, 1.54) is 95.5 Å². The minimum atomic E-state index is -3.97. The maximum Gasteiger partial charge on any atom is 0.472 e. The van der Waals surface area contributed by atoms with Gasteiger partial charge in [0.05, 0.1) is 32.3 Å². The standard InChI is InChI=1S/C32H58NO4P/c1-3-5-6-7-8-9-10-11-12-13-14-15-16-17-18-22-29-36-38(34,35)37-32-25-27-33(4-2,28-26-32)30-31-23-20-19-21-24-31/h19-21,23-24,32H,3-18,22,25-30H2,1-2H3/p+1. The first-order valence-electron chi connectivity index (χ1n) is 16.0. The van der Waals surface area contributed by atoms with E-state index in [4.69, 9.17) is 9.05 Å². The second-order valence-corrected chi connectivity index (χ2v) is 13.1. The van der Waals surface area contributed by atoms with Crippen molar-refractivity contribution in [3.8, 4) is 0 Å². The van der Waals surface area contributed by atoms with Crippen LogP contribution in [0.4, 0.5) is 0 Å². The number of benzene rings is 1. The lowest BCUT2D eigenvalue weighted by Crippen LogP contribution is -2.53. The third-order valence-corrected chi connectivity index (χ3v) is 9.49. The molecular weight excluding hydrogens is 493 g/mol. The molecule has 0 aliphatic carbocycles. The highest BCUT2D eigenvalue weighted by molar-refractivity contribution is 7.47. The maximum absolute atomic E-state index is 12.5. The van der Waals surface area contributed by atoms with Crippen LogP contribution >= 0.6 is 7.82 Å².